The van der Waals surface area contributed by atoms with Gasteiger partial charge in [0.25, 0.3) is 0 Å². The van der Waals surface area contributed by atoms with Crippen LogP contribution in [-0.4, -0.2) is 16.3 Å². The SMILES string of the molecule is CCNC(c1cccc(C2CCC2)c1)c1ccnn1C. The molecule has 3 nitrogen and oxygen atoms in total. The predicted octanol–water partition coefficient (Wildman–Crippen LogP) is 3.39. The summed E-state index contributed by atoms with van der Waals surface area (Å²) < 4.78 is 1.96. The molecule has 0 bridgehead atoms. The first-order chi connectivity index (χ1) is 9.79. The van der Waals surface area contributed by atoms with Crippen LogP contribution in [0.5, 0.6) is 0 Å². The van der Waals surface area contributed by atoms with Crippen molar-refractivity contribution in [1.82, 2.24) is 15.1 Å². The van der Waals surface area contributed by atoms with Gasteiger partial charge in [-0.15, -0.1) is 0 Å². The zero-order valence-electron chi connectivity index (χ0n) is 12.3. The molecule has 1 N–H and O–H groups in total. The van der Waals surface area contributed by atoms with E-state index in [0.717, 1.165) is 12.5 Å². The molecule has 3 heteroatoms. The fourth-order valence-corrected chi connectivity index (χ4v) is 3.00. The largest absolute Gasteiger partial charge is 0.305 e. The smallest absolute Gasteiger partial charge is 0.0748 e. The fraction of sp³-hybridized carbons (Fsp3) is 0.471. The highest BCUT2D eigenvalue weighted by Crippen LogP contribution is 2.37. The maximum atomic E-state index is 4.31. The van der Waals surface area contributed by atoms with Gasteiger partial charge in [0.15, 0.2) is 0 Å². The number of benzene rings is 1. The summed E-state index contributed by atoms with van der Waals surface area (Å²) in [5, 5.41) is 7.89. The van der Waals surface area contributed by atoms with Crippen molar-refractivity contribution in [2.45, 2.75) is 38.1 Å². The summed E-state index contributed by atoms with van der Waals surface area (Å²) >= 11 is 0. The molecule has 0 saturated heterocycles. The Bertz CT molecular complexity index is 569. The fourth-order valence-electron chi connectivity index (χ4n) is 3.00. The van der Waals surface area contributed by atoms with Crippen LogP contribution in [0.4, 0.5) is 0 Å². The molecule has 1 aromatic carbocycles. The molecule has 1 aliphatic rings. The van der Waals surface area contributed by atoms with Gasteiger partial charge in [0, 0.05) is 13.2 Å². The van der Waals surface area contributed by atoms with Gasteiger partial charge in [0.05, 0.1) is 11.7 Å². The molecule has 0 aliphatic heterocycles. The molecule has 1 aromatic heterocycles. The molecule has 0 amide bonds. The van der Waals surface area contributed by atoms with E-state index in [2.05, 4.69) is 47.7 Å². The van der Waals surface area contributed by atoms with E-state index >= 15 is 0 Å². The number of aromatic nitrogens is 2. The molecule has 20 heavy (non-hydrogen) atoms. The molecule has 1 saturated carbocycles. The van der Waals surface area contributed by atoms with Crippen LogP contribution in [0.3, 0.4) is 0 Å². The van der Waals surface area contributed by atoms with Gasteiger partial charge in [0.2, 0.25) is 0 Å². The molecule has 106 valence electrons. The van der Waals surface area contributed by atoms with E-state index in [0.29, 0.717) is 0 Å². The maximum Gasteiger partial charge on any atom is 0.0748 e. The summed E-state index contributed by atoms with van der Waals surface area (Å²) in [6, 6.07) is 11.4. The van der Waals surface area contributed by atoms with Crippen LogP contribution in [0.25, 0.3) is 0 Å². The molecule has 1 aliphatic carbocycles. The summed E-state index contributed by atoms with van der Waals surface area (Å²) in [7, 11) is 2.01. The number of rotatable bonds is 5. The van der Waals surface area contributed by atoms with Gasteiger partial charge < -0.3 is 5.32 Å². The average molecular weight is 269 g/mol. The first-order valence-corrected chi connectivity index (χ1v) is 7.60. The summed E-state index contributed by atoms with van der Waals surface area (Å²) in [5.41, 5.74) is 4.07. The lowest BCUT2D eigenvalue weighted by Gasteiger charge is -2.27. The Hall–Kier alpha value is -1.61. The molecule has 0 radical (unpaired) electrons. The van der Waals surface area contributed by atoms with Crippen molar-refractivity contribution in [1.29, 1.82) is 0 Å². The highest BCUT2D eigenvalue weighted by molar-refractivity contribution is 5.33. The number of nitrogens with zero attached hydrogens (tertiary/aromatic N) is 2. The lowest BCUT2D eigenvalue weighted by molar-refractivity contribution is 0.419. The molecule has 1 heterocycles. The molecule has 1 atom stereocenters. The highest BCUT2D eigenvalue weighted by Gasteiger charge is 2.22. The van der Waals surface area contributed by atoms with Crippen LogP contribution in [0.1, 0.15) is 55.0 Å². The van der Waals surface area contributed by atoms with Gasteiger partial charge in [-0.3, -0.25) is 4.68 Å². The zero-order valence-corrected chi connectivity index (χ0v) is 12.3. The lowest BCUT2D eigenvalue weighted by Crippen LogP contribution is -2.24. The minimum Gasteiger partial charge on any atom is -0.305 e. The van der Waals surface area contributed by atoms with Crippen LogP contribution in [0, 0.1) is 0 Å². The van der Waals surface area contributed by atoms with Crippen molar-refractivity contribution in [3.05, 3.63) is 53.3 Å². The van der Waals surface area contributed by atoms with Crippen molar-refractivity contribution in [3.63, 3.8) is 0 Å². The van der Waals surface area contributed by atoms with E-state index in [1.807, 2.05) is 17.9 Å². The second-order valence-electron chi connectivity index (χ2n) is 5.67. The number of nitrogens with one attached hydrogen (secondary N) is 1. The van der Waals surface area contributed by atoms with Gasteiger partial charge >= 0.3 is 0 Å². The van der Waals surface area contributed by atoms with Crippen LogP contribution in [0.15, 0.2) is 36.5 Å². The monoisotopic (exact) mass is 269 g/mol. The second-order valence-corrected chi connectivity index (χ2v) is 5.67. The first kappa shape index (κ1) is 13.4. The average Bonchev–Trinajstić information content (AvgIpc) is 2.80. The summed E-state index contributed by atoms with van der Waals surface area (Å²) in [6.45, 7) is 3.10. The second kappa shape index (κ2) is 5.80. The minimum absolute atomic E-state index is 0.229. The third kappa shape index (κ3) is 2.50. The van der Waals surface area contributed by atoms with E-state index in [4.69, 9.17) is 0 Å². The molecule has 2 aromatic rings. The van der Waals surface area contributed by atoms with Gasteiger partial charge in [-0.2, -0.15) is 5.10 Å². The van der Waals surface area contributed by atoms with E-state index in [9.17, 15) is 0 Å². The lowest BCUT2D eigenvalue weighted by atomic mass is 9.79. The Kier molecular flexibility index (Phi) is 3.88. The van der Waals surface area contributed by atoms with Crippen molar-refractivity contribution < 1.29 is 0 Å². The Balaban J connectivity index is 1.93. The normalized spacial score (nSPS) is 16.9. The first-order valence-electron chi connectivity index (χ1n) is 7.60. The molecular formula is C17H23N3. The maximum absolute atomic E-state index is 4.31. The van der Waals surface area contributed by atoms with Gasteiger partial charge in [-0.05, 0) is 42.5 Å². The predicted molar refractivity (Wildman–Crippen MR) is 81.8 cm³/mol. The molecule has 1 unspecified atom stereocenters. The minimum atomic E-state index is 0.229. The quantitative estimate of drug-likeness (QED) is 0.901. The zero-order chi connectivity index (χ0) is 13.9. The Labute approximate surface area is 121 Å². The Morgan fingerprint density at radius 1 is 1.35 bits per heavy atom. The molecule has 3 rings (SSSR count). The summed E-state index contributed by atoms with van der Waals surface area (Å²) in [4.78, 5) is 0. The molecular weight excluding hydrogens is 246 g/mol. The van der Waals surface area contributed by atoms with Crippen molar-refractivity contribution >= 4 is 0 Å². The number of aryl methyl sites for hydroxylation is 1. The van der Waals surface area contributed by atoms with Gasteiger partial charge in [-0.25, -0.2) is 0 Å². The number of hydrogen-bond acceptors (Lipinski definition) is 2. The molecule has 1 fully saturated rings. The van der Waals surface area contributed by atoms with Crippen molar-refractivity contribution in [2.75, 3.05) is 6.54 Å². The highest BCUT2D eigenvalue weighted by atomic mass is 15.3. The Morgan fingerprint density at radius 2 is 2.20 bits per heavy atom. The third-order valence-corrected chi connectivity index (χ3v) is 4.38. The van der Waals surface area contributed by atoms with Crippen LogP contribution in [-0.2, 0) is 7.05 Å². The van der Waals surface area contributed by atoms with Crippen molar-refractivity contribution in [3.8, 4) is 0 Å². The van der Waals surface area contributed by atoms with Gasteiger partial charge in [-0.1, -0.05) is 37.6 Å². The van der Waals surface area contributed by atoms with Crippen molar-refractivity contribution in [2.24, 2.45) is 7.05 Å². The van der Waals surface area contributed by atoms with Gasteiger partial charge in [0.1, 0.15) is 0 Å². The topological polar surface area (TPSA) is 29.9 Å². The van der Waals surface area contributed by atoms with Crippen LogP contribution >= 0.6 is 0 Å². The van der Waals surface area contributed by atoms with E-state index in [-0.39, 0.29) is 6.04 Å². The van der Waals surface area contributed by atoms with E-state index in [1.165, 1.54) is 36.1 Å². The van der Waals surface area contributed by atoms with E-state index < -0.39 is 0 Å². The summed E-state index contributed by atoms with van der Waals surface area (Å²) in [5.74, 6) is 0.781. The van der Waals surface area contributed by atoms with E-state index in [1.54, 1.807) is 0 Å². The van der Waals surface area contributed by atoms with Crippen LogP contribution < -0.4 is 5.32 Å². The molecule has 0 spiro atoms. The van der Waals surface area contributed by atoms with Crippen LogP contribution in [0.2, 0.25) is 0 Å². The standard InChI is InChI=1S/C17H23N3/c1-3-18-17(16-10-11-19-20(16)2)15-9-5-8-14(12-15)13-6-4-7-13/h5,8-13,17-18H,3-4,6-7H2,1-2H3. The summed E-state index contributed by atoms with van der Waals surface area (Å²) in [6.07, 6.45) is 5.95. The third-order valence-electron chi connectivity index (χ3n) is 4.38. The Morgan fingerprint density at radius 3 is 2.80 bits per heavy atom. The number of hydrogen-bond donors (Lipinski definition) is 1.